The van der Waals surface area contributed by atoms with Crippen molar-refractivity contribution >= 4 is 67.9 Å². The fraction of sp³-hybridized carbons (Fsp3) is 0.245. The first-order valence-corrected chi connectivity index (χ1v) is 21.3. The summed E-state index contributed by atoms with van der Waals surface area (Å²) < 4.78 is 0. The quantitative estimate of drug-likeness (QED) is 0.165. The minimum Gasteiger partial charge on any atom is -0.311 e. The second kappa shape index (κ2) is 13.4. The van der Waals surface area contributed by atoms with Gasteiger partial charge in [-0.1, -0.05) is 159 Å². The summed E-state index contributed by atoms with van der Waals surface area (Å²) in [5.41, 5.74) is 19.4. The molecule has 0 saturated heterocycles. The van der Waals surface area contributed by atoms with Crippen LogP contribution in [-0.2, 0) is 16.2 Å². The van der Waals surface area contributed by atoms with Crippen LogP contribution in [0.15, 0.2) is 140 Å². The molecule has 0 unspecified atom stereocenters. The molecule has 7 aromatic rings. The first-order chi connectivity index (χ1) is 27.1. The Morgan fingerprint density at radius 2 is 0.930 bits per heavy atom. The summed E-state index contributed by atoms with van der Waals surface area (Å²) in [4.78, 5) is 6.46. The molecule has 4 heteroatoms. The molecule has 6 aromatic carbocycles. The lowest BCUT2D eigenvalue weighted by atomic mass is 9.33. The van der Waals surface area contributed by atoms with E-state index in [0.29, 0.717) is 0 Å². The van der Waals surface area contributed by atoms with E-state index >= 15 is 0 Å². The van der Waals surface area contributed by atoms with Crippen molar-refractivity contribution in [2.75, 3.05) is 9.80 Å². The highest BCUT2D eigenvalue weighted by Crippen LogP contribution is 2.51. The number of fused-ring (bicyclic) bond motifs is 4. The van der Waals surface area contributed by atoms with Gasteiger partial charge in [0.15, 0.2) is 0 Å². The van der Waals surface area contributed by atoms with Gasteiger partial charge < -0.3 is 9.80 Å². The Morgan fingerprint density at radius 3 is 1.46 bits per heavy atom. The van der Waals surface area contributed by atoms with Crippen molar-refractivity contribution in [2.24, 2.45) is 0 Å². The number of anilines is 6. The number of aryl methyl sites for hydroxylation is 1. The first kappa shape index (κ1) is 37.3. The van der Waals surface area contributed by atoms with Gasteiger partial charge in [-0.25, -0.2) is 0 Å². The second-order valence-electron chi connectivity index (χ2n) is 19.2. The largest absolute Gasteiger partial charge is 0.311 e. The van der Waals surface area contributed by atoms with Crippen LogP contribution < -0.4 is 26.2 Å². The molecule has 1 aromatic heterocycles. The highest BCUT2D eigenvalue weighted by atomic mass is 32.1. The Balaban J connectivity index is 1.41. The smallest absolute Gasteiger partial charge is 0.254 e. The summed E-state index contributed by atoms with van der Waals surface area (Å²) in [5.74, 6) is 0. The molecular weight excluding hydrogens is 707 g/mol. The third-order valence-corrected chi connectivity index (χ3v) is 13.2. The molecule has 0 spiro atoms. The van der Waals surface area contributed by atoms with Gasteiger partial charge in [0, 0.05) is 33.3 Å². The molecule has 2 nitrogen and oxygen atoms in total. The standard InChI is InChI=1S/C53H53BN2S/c1-34-31-44-47-45(32-34)56(41-28-23-38(24-29-41)52(5,6)7)50-48(46(35-17-13-11-14-18-35)49(57-50)36-19-15-12-16-20-36)54(47)42-30-25-39(53(8,9)10)33-43(42)55(44)40-26-21-37(22-27-40)51(2,3)4/h11-33H,1-10H3. The van der Waals surface area contributed by atoms with Crippen LogP contribution >= 0.6 is 11.3 Å². The van der Waals surface area contributed by atoms with Gasteiger partial charge in [0.05, 0.1) is 5.00 Å². The summed E-state index contributed by atoms with van der Waals surface area (Å²) in [6.07, 6.45) is 0. The lowest BCUT2D eigenvalue weighted by Gasteiger charge is -2.44. The van der Waals surface area contributed by atoms with E-state index in [1.165, 1.54) is 93.6 Å². The van der Waals surface area contributed by atoms with Gasteiger partial charge in [-0.2, -0.15) is 0 Å². The fourth-order valence-electron chi connectivity index (χ4n) is 8.87. The van der Waals surface area contributed by atoms with E-state index in [0.717, 1.165) is 0 Å². The Morgan fingerprint density at radius 1 is 0.456 bits per heavy atom. The van der Waals surface area contributed by atoms with Crippen LogP contribution in [-0.4, -0.2) is 6.71 Å². The Bertz CT molecular complexity index is 2620. The molecule has 284 valence electrons. The van der Waals surface area contributed by atoms with Crippen LogP contribution in [0.25, 0.3) is 21.6 Å². The van der Waals surface area contributed by atoms with Crippen LogP contribution in [0.3, 0.4) is 0 Å². The minimum absolute atomic E-state index is 0.0133. The average Bonchev–Trinajstić information content (AvgIpc) is 3.57. The third kappa shape index (κ3) is 6.34. The van der Waals surface area contributed by atoms with Crippen LogP contribution in [0.2, 0.25) is 0 Å². The topological polar surface area (TPSA) is 6.48 Å². The van der Waals surface area contributed by atoms with Crippen LogP contribution in [0.4, 0.5) is 33.4 Å². The van der Waals surface area contributed by atoms with E-state index in [1.54, 1.807) is 0 Å². The zero-order valence-corrected chi connectivity index (χ0v) is 36.0. The van der Waals surface area contributed by atoms with Gasteiger partial charge in [-0.3, -0.25) is 0 Å². The van der Waals surface area contributed by atoms with E-state index in [2.05, 4.69) is 219 Å². The molecule has 0 radical (unpaired) electrons. The molecule has 2 aliphatic heterocycles. The van der Waals surface area contributed by atoms with Crippen molar-refractivity contribution in [3.63, 3.8) is 0 Å². The molecular formula is C53H53BN2S. The third-order valence-electron chi connectivity index (χ3n) is 12.0. The minimum atomic E-state index is -0.0133. The van der Waals surface area contributed by atoms with E-state index in [4.69, 9.17) is 0 Å². The van der Waals surface area contributed by atoms with E-state index in [-0.39, 0.29) is 23.0 Å². The zero-order chi connectivity index (χ0) is 40.0. The molecule has 0 fully saturated rings. The summed E-state index contributed by atoms with van der Waals surface area (Å²) in [6.45, 7) is 23.1. The van der Waals surface area contributed by atoms with Crippen molar-refractivity contribution in [3.05, 3.63) is 162 Å². The molecule has 3 heterocycles. The average molecular weight is 761 g/mol. The van der Waals surface area contributed by atoms with Crippen molar-refractivity contribution in [1.82, 2.24) is 0 Å². The van der Waals surface area contributed by atoms with Gasteiger partial charge in [0.1, 0.15) is 0 Å². The molecule has 57 heavy (non-hydrogen) atoms. The molecule has 0 N–H and O–H groups in total. The fourth-order valence-corrected chi connectivity index (χ4v) is 10.3. The molecule has 9 rings (SSSR count). The molecule has 0 aliphatic carbocycles. The van der Waals surface area contributed by atoms with E-state index in [9.17, 15) is 0 Å². The lowest BCUT2D eigenvalue weighted by Crippen LogP contribution is -2.61. The number of hydrogen-bond acceptors (Lipinski definition) is 3. The maximum atomic E-state index is 2.59. The lowest BCUT2D eigenvalue weighted by molar-refractivity contribution is 0.590. The Labute approximate surface area is 344 Å². The molecule has 0 amide bonds. The summed E-state index contributed by atoms with van der Waals surface area (Å²) >= 11 is 1.94. The van der Waals surface area contributed by atoms with Gasteiger partial charge in [0.2, 0.25) is 0 Å². The summed E-state index contributed by atoms with van der Waals surface area (Å²) in [6, 6.07) is 53.1. The molecule has 0 saturated carbocycles. The van der Waals surface area contributed by atoms with Crippen LogP contribution in [0.5, 0.6) is 0 Å². The van der Waals surface area contributed by atoms with Crippen LogP contribution in [0, 0.1) is 6.92 Å². The summed E-state index contributed by atoms with van der Waals surface area (Å²) in [5, 5.41) is 1.29. The summed E-state index contributed by atoms with van der Waals surface area (Å²) in [7, 11) is 0. The van der Waals surface area contributed by atoms with Gasteiger partial charge in [0.25, 0.3) is 6.71 Å². The Hall–Kier alpha value is -5.32. The molecule has 0 bridgehead atoms. The number of hydrogen-bond donors (Lipinski definition) is 0. The predicted octanol–water partition coefficient (Wildman–Crippen LogP) is 13.4. The first-order valence-electron chi connectivity index (χ1n) is 20.5. The van der Waals surface area contributed by atoms with Gasteiger partial charge in [-0.15, -0.1) is 11.3 Å². The highest BCUT2D eigenvalue weighted by molar-refractivity contribution is 7.24. The van der Waals surface area contributed by atoms with Crippen molar-refractivity contribution in [2.45, 2.75) is 85.5 Å². The van der Waals surface area contributed by atoms with Gasteiger partial charge in [-0.05, 0) is 121 Å². The van der Waals surface area contributed by atoms with Crippen molar-refractivity contribution < 1.29 is 0 Å². The molecule has 2 aliphatic rings. The Kier molecular flexibility index (Phi) is 8.75. The van der Waals surface area contributed by atoms with E-state index in [1.807, 2.05) is 11.3 Å². The maximum absolute atomic E-state index is 2.59. The van der Waals surface area contributed by atoms with E-state index < -0.39 is 0 Å². The maximum Gasteiger partial charge on any atom is 0.254 e. The SMILES string of the molecule is Cc1cc2c3c(c1)N(c1ccc(C(C)(C)C)cc1)c1sc(-c4ccccc4)c(-c4ccccc4)c1B3c1ccc(C(C)(C)C)cc1N2c1ccc(C(C)(C)C)cc1. The number of nitrogens with zero attached hydrogens (tertiary/aromatic N) is 2. The number of rotatable bonds is 4. The predicted molar refractivity (Wildman–Crippen MR) is 250 cm³/mol. The van der Waals surface area contributed by atoms with Crippen molar-refractivity contribution in [3.8, 4) is 21.6 Å². The molecule has 0 atom stereocenters. The highest BCUT2D eigenvalue weighted by Gasteiger charge is 2.47. The zero-order valence-electron chi connectivity index (χ0n) is 35.2. The number of thiophene rings is 1. The number of benzene rings is 6. The second-order valence-corrected chi connectivity index (χ2v) is 20.2. The van der Waals surface area contributed by atoms with Gasteiger partial charge >= 0.3 is 0 Å². The monoisotopic (exact) mass is 760 g/mol. The normalized spacial score (nSPS) is 13.7. The van der Waals surface area contributed by atoms with Crippen molar-refractivity contribution in [1.29, 1.82) is 0 Å². The van der Waals surface area contributed by atoms with Crippen LogP contribution in [0.1, 0.15) is 84.6 Å².